The predicted molar refractivity (Wildman–Crippen MR) is 99.3 cm³/mol. The van der Waals surface area contributed by atoms with Crippen molar-refractivity contribution in [2.75, 3.05) is 5.32 Å². The van der Waals surface area contributed by atoms with Gasteiger partial charge in [0.1, 0.15) is 5.02 Å². The van der Waals surface area contributed by atoms with Crippen LogP contribution in [0.5, 0.6) is 0 Å². The van der Waals surface area contributed by atoms with Crippen LogP contribution in [0.15, 0.2) is 59.5 Å². The zero-order valence-electron chi connectivity index (χ0n) is 12.5. The molecular weight excluding hydrogens is 385 g/mol. The lowest BCUT2D eigenvalue weighted by Gasteiger charge is -2.08. The molecule has 1 aromatic heterocycles. The van der Waals surface area contributed by atoms with Gasteiger partial charge in [0.05, 0.1) is 27.6 Å². The summed E-state index contributed by atoms with van der Waals surface area (Å²) in [5, 5.41) is 7.06. The molecule has 0 saturated carbocycles. The van der Waals surface area contributed by atoms with Gasteiger partial charge in [0.15, 0.2) is 0 Å². The molecule has 0 aliphatic rings. The second kappa shape index (κ2) is 7.27. The summed E-state index contributed by atoms with van der Waals surface area (Å²) in [5.41, 5.74) is 0.831. The van der Waals surface area contributed by atoms with Crippen molar-refractivity contribution in [3.05, 3.63) is 85.7 Å². The first-order chi connectivity index (χ1) is 12.0. The van der Waals surface area contributed by atoms with Crippen LogP contribution in [0.25, 0.3) is 5.69 Å². The van der Waals surface area contributed by atoms with Crippen LogP contribution in [0.1, 0.15) is 10.4 Å². The van der Waals surface area contributed by atoms with E-state index in [9.17, 15) is 9.59 Å². The number of rotatable bonds is 3. The van der Waals surface area contributed by atoms with E-state index in [0.29, 0.717) is 22.0 Å². The number of amides is 1. The lowest BCUT2D eigenvalue weighted by molar-refractivity contribution is 0.102. The number of anilines is 1. The minimum atomic E-state index is -0.539. The largest absolute Gasteiger partial charge is 0.321 e. The molecule has 3 aromatic rings. The maximum atomic E-state index is 12.3. The SMILES string of the molecule is O=C(Nc1ccccc1Cl)c1ccc(-n2ncc(Cl)c(Cl)c2=O)cc1. The van der Waals surface area contributed by atoms with Crippen LogP contribution < -0.4 is 10.9 Å². The van der Waals surface area contributed by atoms with E-state index in [1.165, 1.54) is 6.20 Å². The van der Waals surface area contributed by atoms with E-state index >= 15 is 0 Å². The second-order valence-corrected chi connectivity index (χ2v) is 6.20. The summed E-state index contributed by atoms with van der Waals surface area (Å²) < 4.78 is 1.10. The quantitative estimate of drug-likeness (QED) is 0.714. The van der Waals surface area contributed by atoms with Crippen LogP contribution in [0.4, 0.5) is 5.69 Å². The first-order valence-corrected chi connectivity index (χ1v) is 8.20. The molecule has 0 atom stereocenters. The fourth-order valence-electron chi connectivity index (χ4n) is 2.11. The van der Waals surface area contributed by atoms with E-state index in [2.05, 4.69) is 10.4 Å². The Kier molecular flexibility index (Phi) is 5.08. The molecule has 5 nitrogen and oxygen atoms in total. The Hall–Kier alpha value is -2.34. The standard InChI is InChI=1S/C17H10Cl3N3O2/c18-12-3-1-2-4-14(12)22-16(24)10-5-7-11(8-6-10)23-17(25)15(20)13(19)9-21-23/h1-9H,(H,22,24). The number of aromatic nitrogens is 2. The molecule has 0 aliphatic heterocycles. The van der Waals surface area contributed by atoms with Gasteiger partial charge in [0, 0.05) is 5.56 Å². The Bertz CT molecular complexity index is 1000. The summed E-state index contributed by atoms with van der Waals surface area (Å²) in [4.78, 5) is 24.4. The third-order valence-electron chi connectivity index (χ3n) is 3.37. The lowest BCUT2D eigenvalue weighted by atomic mass is 10.2. The number of benzene rings is 2. The fourth-order valence-corrected chi connectivity index (χ4v) is 2.54. The Morgan fingerprint density at radius 2 is 1.64 bits per heavy atom. The summed E-state index contributed by atoms with van der Waals surface area (Å²) in [6.07, 6.45) is 1.28. The summed E-state index contributed by atoms with van der Waals surface area (Å²) in [7, 11) is 0. The number of halogens is 3. The van der Waals surface area contributed by atoms with Crippen LogP contribution in [-0.4, -0.2) is 15.7 Å². The van der Waals surface area contributed by atoms with E-state index < -0.39 is 5.56 Å². The Morgan fingerprint density at radius 3 is 2.32 bits per heavy atom. The third kappa shape index (κ3) is 3.69. The molecule has 0 saturated heterocycles. The van der Waals surface area contributed by atoms with Gasteiger partial charge in [0.25, 0.3) is 11.5 Å². The Morgan fingerprint density at radius 1 is 0.960 bits per heavy atom. The van der Waals surface area contributed by atoms with Crippen molar-refractivity contribution >= 4 is 46.4 Å². The van der Waals surface area contributed by atoms with Gasteiger partial charge in [-0.05, 0) is 36.4 Å². The van der Waals surface area contributed by atoms with Crippen LogP contribution in [0.3, 0.4) is 0 Å². The molecule has 0 spiro atoms. The van der Waals surface area contributed by atoms with Crippen molar-refractivity contribution in [2.45, 2.75) is 0 Å². The average molecular weight is 395 g/mol. The first kappa shape index (κ1) is 17.5. The Labute approximate surface area is 157 Å². The van der Waals surface area contributed by atoms with Crippen molar-refractivity contribution in [2.24, 2.45) is 0 Å². The van der Waals surface area contributed by atoms with Crippen molar-refractivity contribution in [3.8, 4) is 5.69 Å². The van der Waals surface area contributed by atoms with Crippen LogP contribution in [0.2, 0.25) is 15.1 Å². The molecule has 0 bridgehead atoms. The predicted octanol–water partition coefficient (Wildman–Crippen LogP) is 4.45. The van der Waals surface area contributed by atoms with E-state index in [1.807, 2.05) is 0 Å². The van der Waals surface area contributed by atoms with E-state index in [4.69, 9.17) is 34.8 Å². The van der Waals surface area contributed by atoms with Crippen molar-refractivity contribution in [1.29, 1.82) is 0 Å². The molecule has 0 fully saturated rings. The van der Waals surface area contributed by atoms with Crippen molar-refractivity contribution in [3.63, 3.8) is 0 Å². The monoisotopic (exact) mass is 393 g/mol. The van der Waals surface area contributed by atoms with Gasteiger partial charge in [-0.15, -0.1) is 0 Å². The number of carbonyl (C=O) groups is 1. The van der Waals surface area contributed by atoms with Crippen LogP contribution in [-0.2, 0) is 0 Å². The molecule has 3 rings (SSSR count). The van der Waals surface area contributed by atoms with Crippen molar-refractivity contribution in [1.82, 2.24) is 9.78 Å². The number of hydrogen-bond acceptors (Lipinski definition) is 3. The average Bonchev–Trinajstić information content (AvgIpc) is 2.62. The lowest BCUT2D eigenvalue weighted by Crippen LogP contribution is -2.21. The minimum absolute atomic E-state index is 0.0821. The molecule has 0 aliphatic carbocycles. The van der Waals surface area contributed by atoms with Gasteiger partial charge in [-0.1, -0.05) is 46.9 Å². The van der Waals surface area contributed by atoms with Crippen molar-refractivity contribution < 1.29 is 4.79 Å². The third-order valence-corrected chi connectivity index (χ3v) is 4.45. The zero-order valence-corrected chi connectivity index (χ0v) is 14.8. The molecule has 1 amide bonds. The van der Waals surface area contributed by atoms with E-state index in [1.54, 1.807) is 48.5 Å². The number of nitrogens with one attached hydrogen (secondary N) is 1. The Balaban J connectivity index is 1.86. The maximum Gasteiger partial charge on any atom is 0.291 e. The van der Waals surface area contributed by atoms with Gasteiger partial charge in [-0.2, -0.15) is 9.78 Å². The molecular formula is C17H10Cl3N3O2. The van der Waals surface area contributed by atoms with Crippen LogP contribution in [0, 0.1) is 0 Å². The highest BCUT2D eigenvalue weighted by Crippen LogP contribution is 2.21. The van der Waals surface area contributed by atoms with Gasteiger partial charge in [-0.3, -0.25) is 9.59 Å². The summed E-state index contributed by atoms with van der Waals surface area (Å²) in [6.45, 7) is 0. The smallest absolute Gasteiger partial charge is 0.291 e. The van der Waals surface area contributed by atoms with E-state index in [-0.39, 0.29) is 16.0 Å². The number of carbonyl (C=O) groups excluding carboxylic acids is 1. The maximum absolute atomic E-state index is 12.3. The van der Waals surface area contributed by atoms with Gasteiger partial charge >= 0.3 is 0 Å². The summed E-state index contributed by atoms with van der Waals surface area (Å²) in [6, 6.07) is 13.2. The topological polar surface area (TPSA) is 64.0 Å². The first-order valence-electron chi connectivity index (χ1n) is 7.07. The normalized spacial score (nSPS) is 10.5. The summed E-state index contributed by atoms with van der Waals surface area (Å²) >= 11 is 17.6. The minimum Gasteiger partial charge on any atom is -0.321 e. The second-order valence-electron chi connectivity index (χ2n) is 5.00. The number of hydrogen-bond donors (Lipinski definition) is 1. The molecule has 25 heavy (non-hydrogen) atoms. The fraction of sp³-hybridized carbons (Fsp3) is 0. The number of para-hydroxylation sites is 1. The highest BCUT2D eigenvalue weighted by atomic mass is 35.5. The van der Waals surface area contributed by atoms with Crippen LogP contribution >= 0.6 is 34.8 Å². The molecule has 126 valence electrons. The molecule has 0 unspecified atom stereocenters. The van der Waals surface area contributed by atoms with E-state index in [0.717, 1.165) is 4.68 Å². The van der Waals surface area contributed by atoms with Gasteiger partial charge in [0.2, 0.25) is 0 Å². The molecule has 0 radical (unpaired) electrons. The zero-order chi connectivity index (χ0) is 18.0. The summed E-state index contributed by atoms with van der Waals surface area (Å²) in [5.74, 6) is -0.325. The molecule has 1 N–H and O–H groups in total. The molecule has 1 heterocycles. The highest BCUT2D eigenvalue weighted by Gasteiger charge is 2.11. The molecule has 2 aromatic carbocycles. The highest BCUT2D eigenvalue weighted by molar-refractivity contribution is 6.41. The number of nitrogens with zero attached hydrogens (tertiary/aromatic N) is 2. The molecule has 8 heteroatoms. The van der Waals surface area contributed by atoms with Gasteiger partial charge < -0.3 is 5.32 Å². The van der Waals surface area contributed by atoms with Gasteiger partial charge in [-0.25, -0.2) is 0 Å².